The van der Waals surface area contributed by atoms with Gasteiger partial charge >= 0.3 is 5.97 Å². The number of non-ortho nitro benzene ring substituents is 1. The monoisotopic (exact) mass is 282 g/mol. The molecule has 0 spiro atoms. The first-order chi connectivity index (χ1) is 9.51. The molecule has 0 saturated carbocycles. The molecule has 0 aliphatic carbocycles. The van der Waals surface area contributed by atoms with Gasteiger partial charge in [-0.1, -0.05) is 13.3 Å². The van der Waals surface area contributed by atoms with Crippen molar-refractivity contribution in [1.82, 2.24) is 0 Å². The minimum Gasteiger partial charge on any atom is -0.478 e. The molecular formula is C13H18N2O5. The van der Waals surface area contributed by atoms with Gasteiger partial charge in [0.15, 0.2) is 0 Å². The summed E-state index contributed by atoms with van der Waals surface area (Å²) in [5.41, 5.74) is 0.110. The van der Waals surface area contributed by atoms with E-state index in [1.54, 1.807) is 4.90 Å². The Balaban J connectivity index is 3.22. The van der Waals surface area contributed by atoms with E-state index >= 15 is 0 Å². The average Bonchev–Trinajstić information content (AvgIpc) is 2.42. The van der Waals surface area contributed by atoms with Crippen molar-refractivity contribution in [3.63, 3.8) is 0 Å². The number of aliphatic hydroxyl groups is 1. The largest absolute Gasteiger partial charge is 0.478 e. The summed E-state index contributed by atoms with van der Waals surface area (Å²) in [7, 11) is 0. The number of aromatic carboxylic acids is 1. The van der Waals surface area contributed by atoms with Crippen molar-refractivity contribution in [2.45, 2.75) is 19.8 Å². The minimum absolute atomic E-state index is 0.000142. The van der Waals surface area contributed by atoms with Crippen LogP contribution in [0.2, 0.25) is 0 Å². The van der Waals surface area contributed by atoms with Crippen LogP contribution in [-0.4, -0.2) is 40.8 Å². The smallest absolute Gasteiger partial charge is 0.337 e. The molecule has 0 saturated heterocycles. The molecular weight excluding hydrogens is 264 g/mol. The predicted molar refractivity (Wildman–Crippen MR) is 74.3 cm³/mol. The predicted octanol–water partition coefficient (Wildman–Crippen LogP) is 1.89. The Morgan fingerprint density at radius 1 is 1.40 bits per heavy atom. The molecule has 0 atom stereocenters. The normalized spacial score (nSPS) is 10.3. The first kappa shape index (κ1) is 15.9. The van der Waals surface area contributed by atoms with Gasteiger partial charge in [-0.15, -0.1) is 0 Å². The number of carboxylic acids is 1. The van der Waals surface area contributed by atoms with Crippen LogP contribution in [0, 0.1) is 10.1 Å². The number of hydrogen-bond acceptors (Lipinski definition) is 5. The van der Waals surface area contributed by atoms with Gasteiger partial charge < -0.3 is 15.1 Å². The van der Waals surface area contributed by atoms with Crippen LogP contribution in [0.5, 0.6) is 0 Å². The number of nitrogens with zero attached hydrogens (tertiary/aromatic N) is 2. The van der Waals surface area contributed by atoms with Crippen LogP contribution in [0.3, 0.4) is 0 Å². The summed E-state index contributed by atoms with van der Waals surface area (Å²) in [6.45, 7) is 2.62. The van der Waals surface area contributed by atoms with Crippen LogP contribution in [0.25, 0.3) is 0 Å². The van der Waals surface area contributed by atoms with Crippen molar-refractivity contribution in [2.24, 2.45) is 0 Å². The van der Waals surface area contributed by atoms with Gasteiger partial charge in [0.05, 0.1) is 22.8 Å². The van der Waals surface area contributed by atoms with Crippen LogP contribution in [0.15, 0.2) is 18.2 Å². The zero-order chi connectivity index (χ0) is 15.1. The highest BCUT2D eigenvalue weighted by molar-refractivity contribution is 5.95. The molecule has 7 heteroatoms. The third-order valence-corrected chi connectivity index (χ3v) is 2.91. The molecule has 1 aromatic carbocycles. The van der Waals surface area contributed by atoms with Gasteiger partial charge in [-0.05, 0) is 12.5 Å². The third-order valence-electron chi connectivity index (χ3n) is 2.91. The summed E-state index contributed by atoms with van der Waals surface area (Å²) in [5, 5.41) is 29.1. The third kappa shape index (κ3) is 3.92. The Labute approximate surface area is 116 Å². The lowest BCUT2D eigenvalue weighted by atomic mass is 10.1. The molecule has 0 amide bonds. The lowest BCUT2D eigenvalue weighted by Crippen LogP contribution is -2.29. The second kappa shape index (κ2) is 7.44. The highest BCUT2D eigenvalue weighted by atomic mass is 16.6. The summed E-state index contributed by atoms with van der Waals surface area (Å²) in [6, 6.07) is 3.64. The van der Waals surface area contributed by atoms with Crippen LogP contribution in [0.1, 0.15) is 30.1 Å². The number of anilines is 1. The summed E-state index contributed by atoms with van der Waals surface area (Å²) in [4.78, 5) is 23.1. The van der Waals surface area contributed by atoms with Crippen molar-refractivity contribution in [1.29, 1.82) is 0 Å². The molecule has 0 unspecified atom stereocenters. The lowest BCUT2D eigenvalue weighted by molar-refractivity contribution is -0.384. The van der Waals surface area contributed by atoms with Crippen molar-refractivity contribution < 1.29 is 19.9 Å². The molecule has 7 nitrogen and oxygen atoms in total. The molecule has 0 radical (unpaired) electrons. The van der Waals surface area contributed by atoms with Crippen LogP contribution in [-0.2, 0) is 0 Å². The van der Waals surface area contributed by atoms with Crippen molar-refractivity contribution in [3.05, 3.63) is 33.9 Å². The zero-order valence-corrected chi connectivity index (χ0v) is 11.3. The highest BCUT2D eigenvalue weighted by Gasteiger charge is 2.19. The van der Waals surface area contributed by atoms with Gasteiger partial charge in [0.25, 0.3) is 5.69 Å². The summed E-state index contributed by atoms with van der Waals surface area (Å²) in [6.07, 6.45) is 1.71. The maximum Gasteiger partial charge on any atom is 0.337 e. The molecule has 110 valence electrons. The minimum atomic E-state index is -1.14. The van der Waals surface area contributed by atoms with E-state index in [1.807, 2.05) is 6.92 Å². The topological polar surface area (TPSA) is 104 Å². The zero-order valence-electron chi connectivity index (χ0n) is 11.3. The fourth-order valence-electron chi connectivity index (χ4n) is 1.90. The van der Waals surface area contributed by atoms with E-state index in [9.17, 15) is 20.0 Å². The summed E-state index contributed by atoms with van der Waals surface area (Å²) in [5.74, 6) is -1.14. The van der Waals surface area contributed by atoms with Crippen molar-refractivity contribution in [2.75, 3.05) is 24.6 Å². The Morgan fingerprint density at radius 3 is 2.60 bits per heavy atom. The Bertz CT molecular complexity index is 490. The van der Waals surface area contributed by atoms with Gasteiger partial charge in [0.2, 0.25) is 0 Å². The Morgan fingerprint density at radius 2 is 2.10 bits per heavy atom. The number of benzene rings is 1. The number of hydrogen-bond donors (Lipinski definition) is 2. The van der Waals surface area contributed by atoms with Crippen LogP contribution < -0.4 is 4.90 Å². The molecule has 2 N–H and O–H groups in total. The Hall–Kier alpha value is -2.15. The van der Waals surface area contributed by atoms with E-state index in [-0.39, 0.29) is 30.1 Å². The molecule has 0 heterocycles. The summed E-state index contributed by atoms with van der Waals surface area (Å²) < 4.78 is 0. The lowest BCUT2D eigenvalue weighted by Gasteiger charge is -2.25. The van der Waals surface area contributed by atoms with Gasteiger partial charge in [-0.2, -0.15) is 0 Å². The van der Waals surface area contributed by atoms with Gasteiger partial charge in [0.1, 0.15) is 0 Å². The second-order valence-corrected chi connectivity index (χ2v) is 4.33. The number of aliphatic hydroxyl groups excluding tert-OH is 1. The molecule has 0 aromatic heterocycles. The van der Waals surface area contributed by atoms with Gasteiger partial charge in [-0.3, -0.25) is 10.1 Å². The highest BCUT2D eigenvalue weighted by Crippen LogP contribution is 2.26. The number of carboxylic acid groups (broad SMARTS) is 1. The molecule has 0 aliphatic heterocycles. The van der Waals surface area contributed by atoms with E-state index in [1.165, 1.54) is 18.2 Å². The Kier molecular flexibility index (Phi) is 5.92. The van der Waals surface area contributed by atoms with E-state index in [4.69, 9.17) is 5.11 Å². The van der Waals surface area contributed by atoms with Crippen LogP contribution >= 0.6 is 0 Å². The van der Waals surface area contributed by atoms with Gasteiger partial charge in [0, 0.05) is 25.2 Å². The number of rotatable bonds is 8. The van der Waals surface area contributed by atoms with E-state index in [0.717, 1.165) is 12.8 Å². The molecule has 1 aromatic rings. The molecule has 1 rings (SSSR count). The first-order valence-corrected chi connectivity index (χ1v) is 6.38. The standard InChI is InChI=1S/C13H18N2O5/c1-2-3-6-14(7-8-16)12-9-10(15(19)20)4-5-11(12)13(17)18/h4-5,9,16H,2-3,6-8H2,1H3,(H,17,18). The van der Waals surface area contributed by atoms with E-state index in [0.29, 0.717) is 6.54 Å². The maximum atomic E-state index is 11.2. The molecule has 0 fully saturated rings. The van der Waals surface area contributed by atoms with Crippen molar-refractivity contribution in [3.8, 4) is 0 Å². The maximum absolute atomic E-state index is 11.2. The number of unbranched alkanes of at least 4 members (excludes halogenated alkanes) is 1. The fourth-order valence-corrected chi connectivity index (χ4v) is 1.90. The van der Waals surface area contributed by atoms with Gasteiger partial charge in [-0.25, -0.2) is 4.79 Å². The van der Waals surface area contributed by atoms with E-state index in [2.05, 4.69) is 0 Å². The van der Waals surface area contributed by atoms with E-state index < -0.39 is 10.9 Å². The average molecular weight is 282 g/mol. The molecule has 0 aliphatic rings. The molecule has 0 bridgehead atoms. The number of carbonyl (C=O) groups is 1. The first-order valence-electron chi connectivity index (χ1n) is 6.38. The molecule has 20 heavy (non-hydrogen) atoms. The summed E-state index contributed by atoms with van der Waals surface area (Å²) >= 11 is 0. The number of nitro groups is 1. The SMILES string of the molecule is CCCCN(CCO)c1cc([N+](=O)[O-])ccc1C(=O)O. The number of nitro benzene ring substituents is 1. The van der Waals surface area contributed by atoms with Crippen LogP contribution in [0.4, 0.5) is 11.4 Å². The fraction of sp³-hybridized carbons (Fsp3) is 0.462. The second-order valence-electron chi connectivity index (χ2n) is 4.33. The quantitative estimate of drug-likeness (QED) is 0.557. The van der Waals surface area contributed by atoms with Crippen molar-refractivity contribution >= 4 is 17.3 Å².